The second kappa shape index (κ2) is 10.3. The quantitative estimate of drug-likeness (QED) is 0.349. The summed E-state index contributed by atoms with van der Waals surface area (Å²) in [5.74, 6) is -0.784. The number of ether oxygens (including phenoxy) is 1. The summed E-state index contributed by atoms with van der Waals surface area (Å²) in [6.07, 6.45) is 2.29. The van der Waals surface area contributed by atoms with Gasteiger partial charge in [0.05, 0.1) is 6.61 Å². The van der Waals surface area contributed by atoms with Crippen LogP contribution in [0.5, 0.6) is 5.75 Å². The Labute approximate surface area is 196 Å². The highest BCUT2D eigenvalue weighted by Gasteiger charge is 2.13. The number of hydrogen-bond donors (Lipinski definition) is 3. The van der Waals surface area contributed by atoms with Crippen LogP contribution >= 0.6 is 0 Å². The van der Waals surface area contributed by atoms with Crippen molar-refractivity contribution in [1.82, 2.24) is 4.98 Å². The molecule has 1 aromatic heterocycles. The number of benzene rings is 3. The molecule has 4 N–H and O–H groups in total. The standard InChI is InChI=1S/C27H23N3O4/c28-25-24(27(32)33)16-21(17-29-25)19-7-4-8-20(15-19)26(31)30-22-9-11-23(12-10-22)34-14-13-18-5-2-1-3-6-18/h1-12,15-17H,13-14H2,(H2,28,29)(H,30,31)(H,32,33). The van der Waals surface area contributed by atoms with E-state index in [4.69, 9.17) is 10.5 Å². The number of aromatic nitrogens is 1. The number of carboxylic acids is 1. The van der Waals surface area contributed by atoms with E-state index in [1.807, 2.05) is 30.3 Å². The summed E-state index contributed by atoms with van der Waals surface area (Å²) in [6, 6.07) is 25.6. The molecule has 4 rings (SSSR count). The van der Waals surface area contributed by atoms with Crippen LogP contribution in [0.2, 0.25) is 0 Å². The number of amides is 1. The Morgan fingerprint density at radius 1 is 0.912 bits per heavy atom. The number of anilines is 2. The fourth-order valence-electron chi connectivity index (χ4n) is 3.41. The lowest BCUT2D eigenvalue weighted by Gasteiger charge is -2.10. The van der Waals surface area contributed by atoms with Crippen molar-refractivity contribution in [2.75, 3.05) is 17.7 Å². The van der Waals surface area contributed by atoms with Gasteiger partial charge in [0.15, 0.2) is 0 Å². The van der Waals surface area contributed by atoms with Gasteiger partial charge in [-0.3, -0.25) is 4.79 Å². The van der Waals surface area contributed by atoms with Crippen LogP contribution < -0.4 is 15.8 Å². The fourth-order valence-corrected chi connectivity index (χ4v) is 3.41. The number of aromatic carboxylic acids is 1. The van der Waals surface area contributed by atoms with Crippen molar-refractivity contribution in [3.8, 4) is 16.9 Å². The largest absolute Gasteiger partial charge is 0.493 e. The fraction of sp³-hybridized carbons (Fsp3) is 0.0741. The summed E-state index contributed by atoms with van der Waals surface area (Å²) in [5.41, 5.74) is 9.03. The molecule has 34 heavy (non-hydrogen) atoms. The number of nitrogen functional groups attached to an aromatic ring is 1. The van der Waals surface area contributed by atoms with E-state index in [0.29, 0.717) is 29.0 Å². The Morgan fingerprint density at radius 2 is 1.68 bits per heavy atom. The third-order valence-corrected chi connectivity index (χ3v) is 5.22. The van der Waals surface area contributed by atoms with Gasteiger partial charge in [0.1, 0.15) is 17.1 Å². The maximum atomic E-state index is 12.8. The Bertz CT molecular complexity index is 1310. The monoisotopic (exact) mass is 453 g/mol. The SMILES string of the molecule is Nc1ncc(-c2cccc(C(=O)Nc3ccc(OCCc4ccccc4)cc3)c2)cc1C(=O)O. The summed E-state index contributed by atoms with van der Waals surface area (Å²) < 4.78 is 5.78. The average Bonchev–Trinajstić information content (AvgIpc) is 2.86. The molecule has 3 aromatic carbocycles. The molecule has 0 aliphatic rings. The highest BCUT2D eigenvalue weighted by atomic mass is 16.5. The molecule has 0 fully saturated rings. The lowest BCUT2D eigenvalue weighted by molar-refractivity contribution is 0.0697. The molecule has 0 saturated carbocycles. The average molecular weight is 453 g/mol. The second-order valence-corrected chi connectivity index (χ2v) is 7.61. The molecule has 0 spiro atoms. The third-order valence-electron chi connectivity index (χ3n) is 5.22. The van der Waals surface area contributed by atoms with Crippen molar-refractivity contribution in [2.45, 2.75) is 6.42 Å². The lowest BCUT2D eigenvalue weighted by Crippen LogP contribution is -2.12. The zero-order valence-corrected chi connectivity index (χ0v) is 18.3. The predicted molar refractivity (Wildman–Crippen MR) is 131 cm³/mol. The van der Waals surface area contributed by atoms with Crippen molar-refractivity contribution in [2.24, 2.45) is 0 Å². The molecule has 7 heteroatoms. The summed E-state index contributed by atoms with van der Waals surface area (Å²) in [7, 11) is 0. The zero-order valence-electron chi connectivity index (χ0n) is 18.3. The first-order valence-corrected chi connectivity index (χ1v) is 10.7. The number of carboxylic acid groups (broad SMARTS) is 1. The van der Waals surface area contributed by atoms with Crippen LogP contribution in [0.25, 0.3) is 11.1 Å². The maximum absolute atomic E-state index is 12.8. The van der Waals surface area contributed by atoms with E-state index in [1.54, 1.807) is 36.4 Å². The third kappa shape index (κ3) is 5.58. The van der Waals surface area contributed by atoms with E-state index in [-0.39, 0.29) is 17.3 Å². The minimum Gasteiger partial charge on any atom is -0.493 e. The maximum Gasteiger partial charge on any atom is 0.339 e. The number of nitrogens with zero attached hydrogens (tertiary/aromatic N) is 1. The van der Waals surface area contributed by atoms with Crippen LogP contribution in [-0.2, 0) is 6.42 Å². The molecule has 1 heterocycles. The lowest BCUT2D eigenvalue weighted by atomic mass is 10.0. The highest BCUT2D eigenvalue weighted by molar-refractivity contribution is 6.05. The number of hydrogen-bond acceptors (Lipinski definition) is 5. The van der Waals surface area contributed by atoms with E-state index >= 15 is 0 Å². The van der Waals surface area contributed by atoms with Gasteiger partial charge in [-0.05, 0) is 53.6 Å². The summed E-state index contributed by atoms with van der Waals surface area (Å²) in [4.78, 5) is 28.1. The minimum absolute atomic E-state index is 0.0577. The Balaban J connectivity index is 1.39. The summed E-state index contributed by atoms with van der Waals surface area (Å²) in [6.45, 7) is 0.562. The number of nitrogens with one attached hydrogen (secondary N) is 1. The minimum atomic E-state index is -1.16. The molecule has 1 amide bonds. The number of pyridine rings is 1. The van der Waals surface area contributed by atoms with E-state index in [2.05, 4.69) is 22.4 Å². The van der Waals surface area contributed by atoms with Crippen LogP contribution in [0.4, 0.5) is 11.5 Å². The van der Waals surface area contributed by atoms with Crippen LogP contribution in [-0.4, -0.2) is 28.6 Å². The van der Waals surface area contributed by atoms with Crippen LogP contribution in [0.1, 0.15) is 26.3 Å². The number of rotatable bonds is 8. The molecule has 0 aliphatic heterocycles. The van der Waals surface area contributed by atoms with Gasteiger partial charge in [-0.1, -0.05) is 42.5 Å². The van der Waals surface area contributed by atoms with Gasteiger partial charge < -0.3 is 20.9 Å². The molecule has 0 radical (unpaired) electrons. The van der Waals surface area contributed by atoms with Crippen molar-refractivity contribution >= 4 is 23.4 Å². The van der Waals surface area contributed by atoms with Gasteiger partial charge in [-0.15, -0.1) is 0 Å². The van der Waals surface area contributed by atoms with Crippen molar-refractivity contribution in [3.05, 3.63) is 108 Å². The predicted octanol–water partition coefficient (Wildman–Crippen LogP) is 4.90. The molecule has 0 atom stereocenters. The Kier molecular flexibility index (Phi) is 6.84. The van der Waals surface area contributed by atoms with E-state index < -0.39 is 5.97 Å². The highest BCUT2D eigenvalue weighted by Crippen LogP contribution is 2.24. The molecule has 0 bridgehead atoms. The molecule has 0 aliphatic carbocycles. The topological polar surface area (TPSA) is 115 Å². The molecule has 170 valence electrons. The van der Waals surface area contributed by atoms with Gasteiger partial charge >= 0.3 is 5.97 Å². The van der Waals surface area contributed by atoms with Crippen molar-refractivity contribution in [1.29, 1.82) is 0 Å². The van der Waals surface area contributed by atoms with E-state index in [1.165, 1.54) is 17.8 Å². The number of carbonyl (C=O) groups excluding carboxylic acids is 1. The number of nitrogens with two attached hydrogens (primary N) is 1. The van der Waals surface area contributed by atoms with Crippen molar-refractivity contribution < 1.29 is 19.4 Å². The van der Waals surface area contributed by atoms with Crippen LogP contribution in [0.3, 0.4) is 0 Å². The molecular weight excluding hydrogens is 430 g/mol. The molecule has 0 saturated heterocycles. The second-order valence-electron chi connectivity index (χ2n) is 7.61. The van der Waals surface area contributed by atoms with Crippen LogP contribution in [0, 0.1) is 0 Å². The summed E-state index contributed by atoms with van der Waals surface area (Å²) in [5, 5.41) is 12.1. The first-order chi connectivity index (χ1) is 16.5. The van der Waals surface area contributed by atoms with Crippen molar-refractivity contribution in [3.63, 3.8) is 0 Å². The first-order valence-electron chi connectivity index (χ1n) is 10.7. The number of carbonyl (C=O) groups is 2. The summed E-state index contributed by atoms with van der Waals surface area (Å²) >= 11 is 0. The Hall–Kier alpha value is -4.65. The molecule has 7 nitrogen and oxygen atoms in total. The van der Waals surface area contributed by atoms with E-state index in [0.717, 1.165) is 12.2 Å². The zero-order chi connectivity index (χ0) is 23.9. The smallest absolute Gasteiger partial charge is 0.339 e. The van der Waals surface area contributed by atoms with E-state index in [9.17, 15) is 14.7 Å². The normalized spacial score (nSPS) is 10.5. The van der Waals surface area contributed by atoms with Crippen LogP contribution in [0.15, 0.2) is 91.1 Å². The first kappa shape index (κ1) is 22.5. The molecule has 4 aromatic rings. The van der Waals surface area contributed by atoms with Gasteiger partial charge in [-0.2, -0.15) is 0 Å². The molecular formula is C27H23N3O4. The van der Waals surface area contributed by atoms with Gasteiger partial charge in [0, 0.05) is 29.4 Å². The molecule has 0 unspecified atom stereocenters. The van der Waals surface area contributed by atoms with Gasteiger partial charge in [-0.25, -0.2) is 9.78 Å². The van der Waals surface area contributed by atoms with Gasteiger partial charge in [0.2, 0.25) is 0 Å². The van der Waals surface area contributed by atoms with Gasteiger partial charge in [0.25, 0.3) is 5.91 Å². The Morgan fingerprint density at radius 3 is 2.41 bits per heavy atom.